The van der Waals surface area contributed by atoms with E-state index in [4.69, 9.17) is 0 Å². The van der Waals surface area contributed by atoms with Crippen LogP contribution in [0.15, 0.2) is 48.7 Å². The number of aromatic nitrogens is 2. The minimum atomic E-state index is 0.275. The third-order valence-corrected chi connectivity index (χ3v) is 4.59. The van der Waals surface area contributed by atoms with E-state index in [0.29, 0.717) is 0 Å². The number of rotatable bonds is 2. The van der Waals surface area contributed by atoms with Crippen LogP contribution in [0.2, 0.25) is 0 Å². The molecular weight excluding hydrogens is 284 g/mol. The summed E-state index contributed by atoms with van der Waals surface area (Å²) in [6.07, 6.45) is 3.14. The Hall–Kier alpha value is -2.17. The number of benzene rings is 2. The second-order valence-corrected chi connectivity index (χ2v) is 6.37. The molecule has 0 amide bonds. The summed E-state index contributed by atoms with van der Waals surface area (Å²) in [7, 11) is 2.17. The zero-order chi connectivity index (χ0) is 15.6. The van der Waals surface area contributed by atoms with Gasteiger partial charge in [0, 0.05) is 12.1 Å². The normalized spacial score (nSPS) is 19.8. The fourth-order valence-corrected chi connectivity index (χ4v) is 3.29. The first-order valence-corrected chi connectivity index (χ1v) is 8.25. The first-order chi connectivity index (χ1) is 11.3. The van der Waals surface area contributed by atoms with Gasteiger partial charge in [-0.15, -0.1) is 0 Å². The molecule has 1 saturated heterocycles. The SMILES string of the molecule is CN1CCCNC(c2ncc(-c3ccc4ccccc4c3)[nH]2)C1. The highest BCUT2D eigenvalue weighted by Gasteiger charge is 2.19. The molecule has 0 saturated carbocycles. The number of nitrogens with one attached hydrogen (secondary N) is 2. The van der Waals surface area contributed by atoms with Gasteiger partial charge in [0.15, 0.2) is 0 Å². The first-order valence-electron chi connectivity index (χ1n) is 8.25. The number of imidazole rings is 1. The molecule has 4 heteroatoms. The molecule has 1 unspecified atom stereocenters. The summed E-state index contributed by atoms with van der Waals surface area (Å²) in [6, 6.07) is 15.3. The van der Waals surface area contributed by atoms with Crippen molar-refractivity contribution >= 4 is 10.8 Å². The van der Waals surface area contributed by atoms with Crippen LogP contribution in [0.3, 0.4) is 0 Å². The van der Waals surface area contributed by atoms with E-state index in [9.17, 15) is 0 Å². The second kappa shape index (κ2) is 6.14. The topological polar surface area (TPSA) is 44.0 Å². The Morgan fingerprint density at radius 1 is 1.13 bits per heavy atom. The van der Waals surface area contributed by atoms with Crippen molar-refractivity contribution in [3.8, 4) is 11.3 Å². The second-order valence-electron chi connectivity index (χ2n) is 6.37. The van der Waals surface area contributed by atoms with Crippen LogP contribution < -0.4 is 5.32 Å². The summed E-state index contributed by atoms with van der Waals surface area (Å²) in [4.78, 5) is 10.5. The van der Waals surface area contributed by atoms with E-state index < -0.39 is 0 Å². The van der Waals surface area contributed by atoms with Gasteiger partial charge >= 0.3 is 0 Å². The number of nitrogens with zero attached hydrogens (tertiary/aromatic N) is 2. The molecule has 1 atom stereocenters. The lowest BCUT2D eigenvalue weighted by molar-refractivity contribution is 0.322. The molecule has 118 valence electrons. The molecule has 2 aromatic carbocycles. The molecule has 2 N–H and O–H groups in total. The molecule has 0 bridgehead atoms. The highest BCUT2D eigenvalue weighted by molar-refractivity contribution is 5.86. The molecule has 2 heterocycles. The van der Waals surface area contributed by atoms with Crippen molar-refractivity contribution in [2.45, 2.75) is 12.5 Å². The van der Waals surface area contributed by atoms with Crippen molar-refractivity contribution in [2.75, 3.05) is 26.7 Å². The van der Waals surface area contributed by atoms with Gasteiger partial charge in [-0.25, -0.2) is 4.98 Å². The summed E-state index contributed by atoms with van der Waals surface area (Å²) in [6.45, 7) is 3.17. The van der Waals surface area contributed by atoms with E-state index in [1.165, 1.54) is 22.8 Å². The lowest BCUT2D eigenvalue weighted by atomic mass is 10.1. The predicted molar refractivity (Wildman–Crippen MR) is 94.4 cm³/mol. The van der Waals surface area contributed by atoms with Crippen molar-refractivity contribution < 1.29 is 0 Å². The van der Waals surface area contributed by atoms with Crippen molar-refractivity contribution in [2.24, 2.45) is 0 Å². The van der Waals surface area contributed by atoms with Crippen LogP contribution in [-0.2, 0) is 0 Å². The lowest BCUT2D eigenvalue weighted by Crippen LogP contribution is -2.29. The Morgan fingerprint density at radius 3 is 2.91 bits per heavy atom. The molecule has 1 aliphatic heterocycles. The molecule has 1 aliphatic rings. The number of likely N-dealkylation sites (N-methyl/N-ethyl adjacent to an activating group) is 1. The molecule has 1 fully saturated rings. The van der Waals surface area contributed by atoms with Gasteiger partial charge in [-0.05, 0) is 43.4 Å². The molecular formula is C19H22N4. The summed E-state index contributed by atoms with van der Waals surface area (Å²) in [5, 5.41) is 6.11. The third kappa shape index (κ3) is 3.00. The van der Waals surface area contributed by atoms with Crippen molar-refractivity contribution in [1.29, 1.82) is 0 Å². The maximum atomic E-state index is 4.63. The van der Waals surface area contributed by atoms with E-state index >= 15 is 0 Å². The standard InChI is InChI=1S/C19H22N4/c1-23-10-4-9-20-18(13-23)19-21-12-17(22-19)16-8-7-14-5-2-3-6-15(14)11-16/h2-3,5-8,11-12,18,20H,4,9-10,13H2,1H3,(H,21,22). The van der Waals surface area contributed by atoms with Crippen LogP contribution in [0.4, 0.5) is 0 Å². The molecule has 3 aromatic rings. The Labute approximate surface area is 136 Å². The van der Waals surface area contributed by atoms with Crippen LogP contribution in [0.5, 0.6) is 0 Å². The number of fused-ring (bicyclic) bond motifs is 1. The van der Waals surface area contributed by atoms with Gasteiger partial charge in [-0.1, -0.05) is 36.4 Å². The quantitative estimate of drug-likeness (QED) is 0.764. The predicted octanol–water partition coefficient (Wildman–Crippen LogP) is 3.20. The molecule has 1 aromatic heterocycles. The van der Waals surface area contributed by atoms with E-state index in [0.717, 1.165) is 31.2 Å². The van der Waals surface area contributed by atoms with Gasteiger partial charge in [0.25, 0.3) is 0 Å². The molecule has 23 heavy (non-hydrogen) atoms. The minimum Gasteiger partial charge on any atom is -0.341 e. The Kier molecular flexibility index (Phi) is 3.85. The Bertz CT molecular complexity index is 808. The first kappa shape index (κ1) is 14.4. The van der Waals surface area contributed by atoms with Crippen molar-refractivity contribution in [3.05, 3.63) is 54.5 Å². The van der Waals surface area contributed by atoms with Crippen LogP contribution in [0.1, 0.15) is 18.3 Å². The molecule has 0 radical (unpaired) electrons. The van der Waals surface area contributed by atoms with Gasteiger partial charge in [0.2, 0.25) is 0 Å². The maximum absolute atomic E-state index is 4.63. The molecule has 4 rings (SSSR count). The van der Waals surface area contributed by atoms with Gasteiger partial charge < -0.3 is 15.2 Å². The van der Waals surface area contributed by atoms with E-state index in [-0.39, 0.29) is 6.04 Å². The molecule has 0 spiro atoms. The van der Waals surface area contributed by atoms with Crippen molar-refractivity contribution in [1.82, 2.24) is 20.2 Å². The van der Waals surface area contributed by atoms with Crippen LogP contribution in [0, 0.1) is 0 Å². The monoisotopic (exact) mass is 306 g/mol. The highest BCUT2D eigenvalue weighted by atomic mass is 15.2. The summed E-state index contributed by atoms with van der Waals surface area (Å²) in [5.74, 6) is 1.03. The summed E-state index contributed by atoms with van der Waals surface area (Å²) in [5.41, 5.74) is 2.27. The van der Waals surface area contributed by atoms with Gasteiger partial charge in [-0.2, -0.15) is 0 Å². The zero-order valence-electron chi connectivity index (χ0n) is 13.4. The lowest BCUT2D eigenvalue weighted by Gasteiger charge is -2.18. The molecule has 4 nitrogen and oxygen atoms in total. The summed E-state index contributed by atoms with van der Waals surface area (Å²) >= 11 is 0. The molecule has 0 aliphatic carbocycles. The van der Waals surface area contributed by atoms with Gasteiger partial charge in [0.1, 0.15) is 5.82 Å². The zero-order valence-corrected chi connectivity index (χ0v) is 13.4. The Balaban J connectivity index is 1.63. The number of aromatic amines is 1. The van der Waals surface area contributed by atoms with Crippen molar-refractivity contribution in [3.63, 3.8) is 0 Å². The highest BCUT2D eigenvalue weighted by Crippen LogP contribution is 2.24. The number of hydrogen-bond acceptors (Lipinski definition) is 3. The minimum absolute atomic E-state index is 0.275. The summed E-state index contributed by atoms with van der Waals surface area (Å²) < 4.78 is 0. The van der Waals surface area contributed by atoms with Gasteiger partial charge in [-0.3, -0.25) is 0 Å². The third-order valence-electron chi connectivity index (χ3n) is 4.59. The van der Waals surface area contributed by atoms with Crippen LogP contribution in [-0.4, -0.2) is 41.5 Å². The number of H-pyrrole nitrogens is 1. The van der Waals surface area contributed by atoms with Crippen LogP contribution in [0.25, 0.3) is 22.0 Å². The van der Waals surface area contributed by atoms with Gasteiger partial charge in [0.05, 0.1) is 17.9 Å². The maximum Gasteiger partial charge on any atom is 0.125 e. The Morgan fingerprint density at radius 2 is 2.00 bits per heavy atom. The van der Waals surface area contributed by atoms with Crippen LogP contribution >= 0.6 is 0 Å². The average molecular weight is 306 g/mol. The van der Waals surface area contributed by atoms with E-state index in [2.05, 4.69) is 69.7 Å². The fourth-order valence-electron chi connectivity index (χ4n) is 3.29. The van der Waals surface area contributed by atoms with E-state index in [1.807, 2.05) is 6.20 Å². The smallest absolute Gasteiger partial charge is 0.125 e. The number of hydrogen-bond donors (Lipinski definition) is 2. The largest absolute Gasteiger partial charge is 0.341 e. The van der Waals surface area contributed by atoms with E-state index in [1.54, 1.807) is 0 Å². The fraction of sp³-hybridized carbons (Fsp3) is 0.316. The average Bonchev–Trinajstić information content (AvgIpc) is 2.97.